The fourth-order valence-corrected chi connectivity index (χ4v) is 1.27. The summed E-state index contributed by atoms with van der Waals surface area (Å²) in [5.74, 6) is -0.435. The van der Waals surface area contributed by atoms with Crippen molar-refractivity contribution >= 4 is 5.91 Å². The topological polar surface area (TPSA) is 64.4 Å². The number of primary amides is 1. The summed E-state index contributed by atoms with van der Waals surface area (Å²) in [7, 11) is 0. The monoisotopic (exact) mass is 158 g/mol. The van der Waals surface area contributed by atoms with E-state index in [2.05, 4.69) is 5.48 Å². The highest BCUT2D eigenvalue weighted by molar-refractivity contribution is 5.74. The van der Waals surface area contributed by atoms with Gasteiger partial charge in [0.2, 0.25) is 5.91 Å². The van der Waals surface area contributed by atoms with E-state index < -0.39 is 5.91 Å². The van der Waals surface area contributed by atoms with Gasteiger partial charge in [-0.1, -0.05) is 12.8 Å². The van der Waals surface area contributed by atoms with E-state index in [1.165, 1.54) is 12.8 Å². The Labute approximate surface area is 66.0 Å². The predicted octanol–water partition coefficient (Wildman–Crippen LogP) is -0.0645. The molecule has 3 N–H and O–H groups in total. The number of hydrogen-bond donors (Lipinski definition) is 2. The largest absolute Gasteiger partial charge is 0.368 e. The minimum Gasteiger partial charge on any atom is -0.368 e. The van der Waals surface area contributed by atoms with Crippen LogP contribution in [-0.4, -0.2) is 18.6 Å². The van der Waals surface area contributed by atoms with Crippen molar-refractivity contribution in [1.29, 1.82) is 0 Å². The average Bonchev–Trinajstić information content (AvgIpc) is 2.39. The van der Waals surface area contributed by atoms with E-state index in [-0.39, 0.29) is 6.61 Å². The molecule has 0 aromatic heterocycles. The van der Waals surface area contributed by atoms with Crippen LogP contribution in [0.4, 0.5) is 0 Å². The first-order valence-corrected chi connectivity index (χ1v) is 3.94. The van der Waals surface area contributed by atoms with Crippen LogP contribution in [0.5, 0.6) is 0 Å². The standard InChI is InChI=1S/C7H14N2O2/c8-7(10)5-11-9-6-3-1-2-4-6/h6,9H,1-5H2,(H2,8,10). The smallest absolute Gasteiger partial charge is 0.245 e. The third kappa shape index (κ3) is 3.34. The Balaban J connectivity index is 1.98. The van der Waals surface area contributed by atoms with Crippen LogP contribution < -0.4 is 11.2 Å². The van der Waals surface area contributed by atoms with Gasteiger partial charge in [0.1, 0.15) is 6.61 Å². The van der Waals surface area contributed by atoms with Gasteiger partial charge in [-0.25, -0.2) is 0 Å². The van der Waals surface area contributed by atoms with Crippen LogP contribution in [0.2, 0.25) is 0 Å². The maximum Gasteiger partial charge on any atom is 0.245 e. The minimum atomic E-state index is -0.435. The van der Waals surface area contributed by atoms with Gasteiger partial charge in [-0.3, -0.25) is 9.63 Å². The molecule has 0 heterocycles. The molecule has 0 aliphatic heterocycles. The quantitative estimate of drug-likeness (QED) is 0.563. The number of hydrogen-bond acceptors (Lipinski definition) is 3. The number of amides is 1. The van der Waals surface area contributed by atoms with Crippen molar-refractivity contribution in [2.75, 3.05) is 6.61 Å². The molecule has 0 radical (unpaired) electrons. The summed E-state index contributed by atoms with van der Waals surface area (Å²) in [4.78, 5) is 15.1. The molecule has 0 bridgehead atoms. The van der Waals surface area contributed by atoms with E-state index in [1.807, 2.05) is 0 Å². The third-order valence-corrected chi connectivity index (χ3v) is 1.82. The molecule has 64 valence electrons. The Bertz CT molecular complexity index is 132. The van der Waals surface area contributed by atoms with E-state index in [0.29, 0.717) is 6.04 Å². The lowest BCUT2D eigenvalue weighted by atomic mass is 10.3. The van der Waals surface area contributed by atoms with Crippen molar-refractivity contribution in [3.63, 3.8) is 0 Å². The zero-order valence-corrected chi connectivity index (χ0v) is 6.51. The molecule has 0 unspecified atom stereocenters. The van der Waals surface area contributed by atoms with Crippen molar-refractivity contribution in [2.45, 2.75) is 31.7 Å². The highest BCUT2D eigenvalue weighted by Crippen LogP contribution is 2.17. The van der Waals surface area contributed by atoms with Crippen LogP contribution >= 0.6 is 0 Å². The lowest BCUT2D eigenvalue weighted by Gasteiger charge is -2.09. The second-order valence-corrected chi connectivity index (χ2v) is 2.85. The molecule has 1 aliphatic rings. The van der Waals surface area contributed by atoms with Gasteiger partial charge in [0, 0.05) is 6.04 Å². The van der Waals surface area contributed by atoms with Gasteiger partial charge < -0.3 is 5.73 Å². The number of rotatable bonds is 4. The second-order valence-electron chi connectivity index (χ2n) is 2.85. The highest BCUT2D eigenvalue weighted by atomic mass is 16.6. The van der Waals surface area contributed by atoms with Crippen LogP contribution in [-0.2, 0) is 9.63 Å². The third-order valence-electron chi connectivity index (χ3n) is 1.82. The summed E-state index contributed by atoms with van der Waals surface area (Å²) in [5, 5.41) is 0. The summed E-state index contributed by atoms with van der Waals surface area (Å²) in [5.41, 5.74) is 7.69. The van der Waals surface area contributed by atoms with E-state index in [0.717, 1.165) is 12.8 Å². The van der Waals surface area contributed by atoms with Gasteiger partial charge in [-0.05, 0) is 12.8 Å². The zero-order valence-electron chi connectivity index (χ0n) is 6.51. The Morgan fingerprint density at radius 1 is 1.55 bits per heavy atom. The van der Waals surface area contributed by atoms with Crippen molar-refractivity contribution in [3.05, 3.63) is 0 Å². The molecule has 0 aromatic carbocycles. The molecule has 1 fully saturated rings. The first-order valence-electron chi connectivity index (χ1n) is 3.94. The fourth-order valence-electron chi connectivity index (χ4n) is 1.27. The van der Waals surface area contributed by atoms with E-state index in [9.17, 15) is 4.79 Å². The number of carbonyl (C=O) groups is 1. The first kappa shape index (κ1) is 8.49. The van der Waals surface area contributed by atoms with Gasteiger partial charge in [-0.15, -0.1) is 0 Å². The van der Waals surface area contributed by atoms with Gasteiger partial charge >= 0.3 is 0 Å². The first-order chi connectivity index (χ1) is 5.29. The maximum atomic E-state index is 10.2. The Hall–Kier alpha value is -0.610. The lowest BCUT2D eigenvalue weighted by molar-refractivity contribution is -0.126. The molecule has 4 nitrogen and oxygen atoms in total. The van der Waals surface area contributed by atoms with Crippen molar-refractivity contribution in [1.82, 2.24) is 5.48 Å². The van der Waals surface area contributed by atoms with E-state index in [1.54, 1.807) is 0 Å². The van der Waals surface area contributed by atoms with Crippen LogP contribution in [0.25, 0.3) is 0 Å². The van der Waals surface area contributed by atoms with E-state index >= 15 is 0 Å². The number of hydroxylamine groups is 1. The fraction of sp³-hybridized carbons (Fsp3) is 0.857. The van der Waals surface area contributed by atoms with Gasteiger partial charge in [0.15, 0.2) is 0 Å². The summed E-state index contributed by atoms with van der Waals surface area (Å²) in [6.07, 6.45) is 4.77. The Kier molecular flexibility index (Phi) is 3.32. The molecule has 0 spiro atoms. The molecule has 0 aromatic rings. The Morgan fingerprint density at radius 2 is 2.18 bits per heavy atom. The van der Waals surface area contributed by atoms with Crippen LogP contribution in [0, 0.1) is 0 Å². The molecule has 1 aliphatic carbocycles. The van der Waals surface area contributed by atoms with E-state index in [4.69, 9.17) is 10.6 Å². The van der Waals surface area contributed by atoms with Gasteiger partial charge in [0.25, 0.3) is 0 Å². The van der Waals surface area contributed by atoms with Crippen LogP contribution in [0.1, 0.15) is 25.7 Å². The zero-order chi connectivity index (χ0) is 8.10. The van der Waals surface area contributed by atoms with Crippen molar-refractivity contribution in [3.8, 4) is 0 Å². The Morgan fingerprint density at radius 3 is 2.73 bits per heavy atom. The molecular weight excluding hydrogens is 144 g/mol. The molecular formula is C7H14N2O2. The molecule has 4 heteroatoms. The molecule has 0 atom stereocenters. The molecule has 1 saturated carbocycles. The van der Waals surface area contributed by atoms with Crippen LogP contribution in [0.15, 0.2) is 0 Å². The average molecular weight is 158 g/mol. The second kappa shape index (κ2) is 4.31. The summed E-state index contributed by atoms with van der Waals surface area (Å²) in [6, 6.07) is 0.425. The SMILES string of the molecule is NC(=O)CONC1CCCC1. The lowest BCUT2D eigenvalue weighted by Crippen LogP contribution is -2.30. The number of carbonyl (C=O) groups excluding carboxylic acids is 1. The molecule has 1 rings (SSSR count). The van der Waals surface area contributed by atoms with Crippen molar-refractivity contribution in [2.24, 2.45) is 5.73 Å². The molecule has 11 heavy (non-hydrogen) atoms. The minimum absolute atomic E-state index is 0.0312. The molecule has 0 saturated heterocycles. The number of nitrogens with two attached hydrogens (primary N) is 1. The van der Waals surface area contributed by atoms with Gasteiger partial charge in [0.05, 0.1) is 0 Å². The summed E-state index contributed by atoms with van der Waals surface area (Å²) >= 11 is 0. The maximum absolute atomic E-state index is 10.2. The normalized spacial score (nSPS) is 18.9. The van der Waals surface area contributed by atoms with Crippen molar-refractivity contribution < 1.29 is 9.63 Å². The van der Waals surface area contributed by atoms with Crippen LogP contribution in [0.3, 0.4) is 0 Å². The highest BCUT2D eigenvalue weighted by Gasteiger charge is 2.14. The number of nitrogens with one attached hydrogen (secondary N) is 1. The van der Waals surface area contributed by atoms with Gasteiger partial charge in [-0.2, -0.15) is 5.48 Å². The summed E-state index contributed by atoms with van der Waals surface area (Å²) < 4.78 is 0. The summed E-state index contributed by atoms with van der Waals surface area (Å²) in [6.45, 7) is -0.0312. The predicted molar refractivity (Wildman–Crippen MR) is 40.5 cm³/mol. The molecule has 1 amide bonds.